The van der Waals surface area contributed by atoms with Crippen molar-refractivity contribution < 1.29 is 29.0 Å². The smallest absolute Gasteiger partial charge is 0.407 e. The van der Waals surface area contributed by atoms with Gasteiger partial charge in [0, 0.05) is 31.5 Å². The number of alkyl carbamates (subject to hydrolysis) is 1. The molecule has 2 aromatic rings. The van der Waals surface area contributed by atoms with Crippen LogP contribution in [0, 0.1) is 5.92 Å². The molecule has 2 aromatic carbocycles. The second-order valence-electron chi connectivity index (χ2n) is 9.00. The Hall–Kier alpha value is -3.39. The van der Waals surface area contributed by atoms with Crippen LogP contribution in [0.25, 0.3) is 11.1 Å². The minimum atomic E-state index is -0.991. The first kappa shape index (κ1) is 26.2. The average Bonchev–Trinajstić information content (AvgIpc) is 3.14. The molecule has 0 bridgehead atoms. The van der Waals surface area contributed by atoms with Gasteiger partial charge in [-0.25, -0.2) is 4.79 Å². The van der Waals surface area contributed by atoms with Gasteiger partial charge in [-0.2, -0.15) is 0 Å². The van der Waals surface area contributed by atoms with Crippen LogP contribution >= 0.6 is 0 Å². The molecule has 0 aromatic heterocycles. The highest BCUT2D eigenvalue weighted by Gasteiger charge is 2.29. The first-order valence-corrected chi connectivity index (χ1v) is 12.0. The number of rotatable bonds is 12. The van der Waals surface area contributed by atoms with Crippen molar-refractivity contribution in [1.29, 1.82) is 0 Å². The van der Waals surface area contributed by atoms with Crippen LogP contribution in [0.3, 0.4) is 0 Å². The van der Waals surface area contributed by atoms with Crippen molar-refractivity contribution in [3.63, 3.8) is 0 Å². The number of benzene rings is 2. The molecule has 2 atom stereocenters. The molecule has 3 rings (SSSR count). The number of nitrogens with one attached hydrogen (secondary N) is 2. The molecule has 1 aliphatic carbocycles. The second kappa shape index (κ2) is 12.4. The van der Waals surface area contributed by atoms with Crippen molar-refractivity contribution in [2.24, 2.45) is 5.92 Å². The largest absolute Gasteiger partial charge is 0.481 e. The highest BCUT2D eigenvalue weighted by molar-refractivity contribution is 5.79. The maximum atomic E-state index is 12.6. The van der Waals surface area contributed by atoms with Crippen LogP contribution in [0.4, 0.5) is 4.79 Å². The summed E-state index contributed by atoms with van der Waals surface area (Å²) in [7, 11) is 0. The third-order valence-electron chi connectivity index (χ3n) is 6.19. The van der Waals surface area contributed by atoms with Gasteiger partial charge in [-0.1, -0.05) is 62.4 Å². The number of carboxylic acid groups (broad SMARTS) is 1. The minimum absolute atomic E-state index is 0.0112. The van der Waals surface area contributed by atoms with Gasteiger partial charge in [0.15, 0.2) is 0 Å². The third-order valence-corrected chi connectivity index (χ3v) is 6.19. The van der Waals surface area contributed by atoms with E-state index in [1.54, 1.807) is 6.92 Å². The molecule has 1 aliphatic rings. The zero-order valence-electron chi connectivity index (χ0n) is 20.5. The Morgan fingerprint density at radius 3 is 2.11 bits per heavy atom. The van der Waals surface area contributed by atoms with Crippen molar-refractivity contribution in [3.8, 4) is 11.1 Å². The van der Waals surface area contributed by atoms with Crippen LogP contribution < -0.4 is 10.6 Å². The molecule has 0 saturated heterocycles. The van der Waals surface area contributed by atoms with Gasteiger partial charge in [0.25, 0.3) is 0 Å². The fourth-order valence-electron chi connectivity index (χ4n) is 4.36. The first-order chi connectivity index (χ1) is 16.8. The van der Waals surface area contributed by atoms with Crippen molar-refractivity contribution in [2.45, 2.75) is 51.7 Å². The quantitative estimate of drug-likeness (QED) is 0.422. The van der Waals surface area contributed by atoms with E-state index < -0.39 is 24.2 Å². The lowest BCUT2D eigenvalue weighted by Crippen LogP contribution is -2.44. The summed E-state index contributed by atoms with van der Waals surface area (Å²) in [6.45, 7) is 6.23. The molecular formula is C27H34N2O6. The van der Waals surface area contributed by atoms with E-state index in [2.05, 4.69) is 34.9 Å². The van der Waals surface area contributed by atoms with Crippen molar-refractivity contribution in [3.05, 3.63) is 59.7 Å². The second-order valence-corrected chi connectivity index (χ2v) is 9.00. The highest BCUT2D eigenvalue weighted by atomic mass is 16.5. The van der Waals surface area contributed by atoms with Crippen LogP contribution in [0.5, 0.6) is 0 Å². The Morgan fingerprint density at radius 1 is 0.971 bits per heavy atom. The van der Waals surface area contributed by atoms with Crippen LogP contribution in [0.2, 0.25) is 0 Å². The molecule has 8 heteroatoms. The number of carboxylic acids is 1. The van der Waals surface area contributed by atoms with E-state index in [9.17, 15) is 14.4 Å². The molecule has 0 spiro atoms. The molecule has 35 heavy (non-hydrogen) atoms. The van der Waals surface area contributed by atoms with Crippen molar-refractivity contribution in [2.75, 3.05) is 19.8 Å². The molecule has 0 radical (unpaired) electrons. The van der Waals surface area contributed by atoms with Crippen molar-refractivity contribution >= 4 is 18.0 Å². The lowest BCUT2D eigenvalue weighted by Gasteiger charge is -2.23. The number of hydrogen-bond donors (Lipinski definition) is 3. The number of carbonyl (C=O) groups excluding carboxylic acids is 2. The molecule has 2 amide bonds. The molecule has 0 aliphatic heterocycles. The van der Waals surface area contributed by atoms with Gasteiger partial charge in [0.2, 0.25) is 5.91 Å². The first-order valence-electron chi connectivity index (χ1n) is 12.0. The lowest BCUT2D eigenvalue weighted by molar-refractivity contribution is -0.140. The van der Waals surface area contributed by atoms with Crippen LogP contribution in [-0.2, 0) is 19.1 Å². The van der Waals surface area contributed by atoms with Gasteiger partial charge < -0.3 is 25.2 Å². The Bertz CT molecular complexity index is 992. The van der Waals surface area contributed by atoms with Gasteiger partial charge in [0.05, 0.1) is 12.5 Å². The molecule has 0 heterocycles. The normalized spacial score (nSPS) is 14.1. The topological polar surface area (TPSA) is 114 Å². The van der Waals surface area contributed by atoms with Gasteiger partial charge in [-0.05, 0) is 35.1 Å². The summed E-state index contributed by atoms with van der Waals surface area (Å²) in [5, 5.41) is 14.5. The monoisotopic (exact) mass is 482 g/mol. The fourth-order valence-corrected chi connectivity index (χ4v) is 4.36. The van der Waals surface area contributed by atoms with Crippen LogP contribution in [0.1, 0.15) is 50.7 Å². The fraction of sp³-hybridized carbons (Fsp3) is 0.444. The molecule has 188 valence electrons. The summed E-state index contributed by atoms with van der Waals surface area (Å²) < 4.78 is 11.0. The van der Waals surface area contributed by atoms with E-state index in [1.807, 2.05) is 38.1 Å². The van der Waals surface area contributed by atoms with Gasteiger partial charge in [-0.15, -0.1) is 0 Å². The average molecular weight is 483 g/mol. The number of amides is 2. The summed E-state index contributed by atoms with van der Waals surface area (Å²) in [5.74, 6) is -1.34. The van der Waals surface area contributed by atoms with E-state index in [4.69, 9.17) is 14.6 Å². The summed E-state index contributed by atoms with van der Waals surface area (Å²) in [4.78, 5) is 36.1. The van der Waals surface area contributed by atoms with E-state index in [-0.39, 0.29) is 43.7 Å². The Morgan fingerprint density at radius 2 is 1.57 bits per heavy atom. The number of ether oxygens (including phenoxy) is 2. The van der Waals surface area contributed by atoms with E-state index in [0.717, 1.165) is 22.3 Å². The SMILES string of the molecule is CCOC(CNC(=O)CC(NC(=O)OCC1c2ccccc2-c2ccccc21)C(C)C)CC(=O)O. The summed E-state index contributed by atoms with van der Waals surface area (Å²) >= 11 is 0. The Labute approximate surface area is 206 Å². The molecule has 2 unspecified atom stereocenters. The van der Waals surface area contributed by atoms with E-state index >= 15 is 0 Å². The molecule has 8 nitrogen and oxygen atoms in total. The molecule has 3 N–H and O–H groups in total. The number of hydrogen-bond acceptors (Lipinski definition) is 5. The summed E-state index contributed by atoms with van der Waals surface area (Å²) in [6.07, 6.45) is -1.32. The highest BCUT2D eigenvalue weighted by Crippen LogP contribution is 2.44. The molecule has 0 fully saturated rings. The van der Waals surface area contributed by atoms with E-state index in [0.29, 0.717) is 6.61 Å². The van der Waals surface area contributed by atoms with Gasteiger partial charge in [0.1, 0.15) is 6.61 Å². The number of aliphatic carboxylic acids is 1. The summed E-state index contributed by atoms with van der Waals surface area (Å²) in [5.41, 5.74) is 4.57. The van der Waals surface area contributed by atoms with E-state index in [1.165, 1.54) is 0 Å². The standard InChI is InChI=1S/C27H34N2O6/c1-4-34-18(13-26(31)32)15-28-25(30)14-24(17(2)3)29-27(33)35-16-23-21-11-7-5-9-19(21)20-10-6-8-12-22(20)23/h5-12,17-18,23-24H,4,13-16H2,1-3H3,(H,28,30)(H,29,33)(H,31,32). The minimum Gasteiger partial charge on any atom is -0.481 e. The Balaban J connectivity index is 1.54. The van der Waals surface area contributed by atoms with Gasteiger partial charge in [-0.3, -0.25) is 9.59 Å². The number of carbonyl (C=O) groups is 3. The number of fused-ring (bicyclic) bond motifs is 3. The maximum absolute atomic E-state index is 12.6. The predicted octanol–water partition coefficient (Wildman–Crippen LogP) is 3.94. The zero-order chi connectivity index (χ0) is 25.4. The Kier molecular flexibility index (Phi) is 9.25. The molecular weight excluding hydrogens is 448 g/mol. The van der Waals surface area contributed by atoms with Crippen LogP contribution in [-0.4, -0.2) is 55.0 Å². The zero-order valence-corrected chi connectivity index (χ0v) is 20.5. The van der Waals surface area contributed by atoms with Crippen LogP contribution in [0.15, 0.2) is 48.5 Å². The summed E-state index contributed by atoms with van der Waals surface area (Å²) in [6, 6.07) is 15.8. The predicted molar refractivity (Wildman–Crippen MR) is 132 cm³/mol. The third kappa shape index (κ3) is 7.05. The lowest BCUT2D eigenvalue weighted by atomic mass is 9.98. The van der Waals surface area contributed by atoms with Crippen molar-refractivity contribution in [1.82, 2.24) is 10.6 Å². The molecule has 0 saturated carbocycles. The maximum Gasteiger partial charge on any atom is 0.407 e. The van der Waals surface area contributed by atoms with Gasteiger partial charge >= 0.3 is 12.1 Å².